The fourth-order valence-corrected chi connectivity index (χ4v) is 3.34. The van der Waals surface area contributed by atoms with E-state index in [4.69, 9.17) is 0 Å². The Morgan fingerprint density at radius 1 is 1.12 bits per heavy atom. The van der Waals surface area contributed by atoms with Crippen LogP contribution in [0, 0.1) is 0 Å². The van der Waals surface area contributed by atoms with Gasteiger partial charge in [-0.3, -0.25) is 14.6 Å². The number of pyridine rings is 1. The zero-order chi connectivity index (χ0) is 18.4. The van der Waals surface area contributed by atoms with Crippen molar-refractivity contribution >= 4 is 11.8 Å². The van der Waals surface area contributed by atoms with E-state index in [-0.39, 0.29) is 17.9 Å². The van der Waals surface area contributed by atoms with Gasteiger partial charge in [0.1, 0.15) is 5.69 Å². The highest BCUT2D eigenvalue weighted by Crippen LogP contribution is 2.18. The van der Waals surface area contributed by atoms with Crippen molar-refractivity contribution < 1.29 is 9.59 Å². The minimum absolute atomic E-state index is 0.122. The minimum atomic E-state index is -0.197. The predicted molar refractivity (Wildman–Crippen MR) is 101 cm³/mol. The summed E-state index contributed by atoms with van der Waals surface area (Å²) in [7, 11) is 1.76. The standard InChI is InChI=1S/C21H25N3O2/c1-24(15-16-8-4-2-5-9-16)21(26)17-12-13-22-19(14-17)20(25)23-18-10-6-3-7-11-18/h2,4-5,8-9,12-14,18H,3,6-7,10-11,15H2,1H3,(H,23,25). The first-order valence-electron chi connectivity index (χ1n) is 9.20. The molecule has 1 aliphatic rings. The van der Waals surface area contributed by atoms with Gasteiger partial charge in [-0.15, -0.1) is 0 Å². The zero-order valence-corrected chi connectivity index (χ0v) is 15.1. The molecule has 5 heteroatoms. The molecule has 0 spiro atoms. The molecule has 5 nitrogen and oxygen atoms in total. The van der Waals surface area contributed by atoms with E-state index in [9.17, 15) is 9.59 Å². The first-order valence-corrected chi connectivity index (χ1v) is 9.20. The number of hydrogen-bond donors (Lipinski definition) is 1. The molecule has 0 saturated heterocycles. The van der Waals surface area contributed by atoms with Crippen molar-refractivity contribution in [2.45, 2.75) is 44.7 Å². The van der Waals surface area contributed by atoms with Crippen LogP contribution in [0.15, 0.2) is 48.7 Å². The van der Waals surface area contributed by atoms with E-state index in [1.807, 2.05) is 30.3 Å². The quantitative estimate of drug-likeness (QED) is 0.898. The number of amides is 2. The third kappa shape index (κ3) is 4.69. The lowest BCUT2D eigenvalue weighted by Crippen LogP contribution is -2.36. The van der Waals surface area contributed by atoms with E-state index in [1.54, 1.807) is 24.1 Å². The molecule has 2 amide bonds. The Hall–Kier alpha value is -2.69. The summed E-state index contributed by atoms with van der Waals surface area (Å²) in [6, 6.07) is 13.3. The van der Waals surface area contributed by atoms with Crippen LogP contribution < -0.4 is 5.32 Å². The van der Waals surface area contributed by atoms with Crippen LogP contribution >= 0.6 is 0 Å². The third-order valence-electron chi connectivity index (χ3n) is 4.79. The highest BCUT2D eigenvalue weighted by atomic mass is 16.2. The van der Waals surface area contributed by atoms with E-state index in [0.29, 0.717) is 17.8 Å². The maximum absolute atomic E-state index is 12.7. The molecule has 1 aliphatic carbocycles. The maximum Gasteiger partial charge on any atom is 0.270 e. The summed E-state index contributed by atoms with van der Waals surface area (Å²) < 4.78 is 0. The van der Waals surface area contributed by atoms with Crippen molar-refractivity contribution in [2.24, 2.45) is 0 Å². The molecule has 0 bridgehead atoms. The Morgan fingerprint density at radius 3 is 2.58 bits per heavy atom. The Balaban J connectivity index is 1.65. The largest absolute Gasteiger partial charge is 0.348 e. The molecule has 136 valence electrons. The second-order valence-corrected chi connectivity index (χ2v) is 6.88. The van der Waals surface area contributed by atoms with Crippen LogP contribution in [-0.2, 0) is 6.54 Å². The molecule has 0 atom stereocenters. The first-order chi connectivity index (χ1) is 12.6. The van der Waals surface area contributed by atoms with E-state index >= 15 is 0 Å². The van der Waals surface area contributed by atoms with Crippen LogP contribution in [0.5, 0.6) is 0 Å². The minimum Gasteiger partial charge on any atom is -0.348 e. The SMILES string of the molecule is CN(Cc1ccccc1)C(=O)c1ccnc(C(=O)NC2CCCCC2)c1. The molecule has 1 N–H and O–H groups in total. The summed E-state index contributed by atoms with van der Waals surface area (Å²) in [5.41, 5.74) is 1.84. The van der Waals surface area contributed by atoms with Crippen LogP contribution in [0.1, 0.15) is 58.5 Å². The number of carbonyl (C=O) groups excluding carboxylic acids is 2. The number of benzene rings is 1. The van der Waals surface area contributed by atoms with Gasteiger partial charge in [-0.05, 0) is 30.5 Å². The summed E-state index contributed by atoms with van der Waals surface area (Å²) in [5.74, 6) is -0.319. The van der Waals surface area contributed by atoms with Gasteiger partial charge in [0.25, 0.3) is 11.8 Å². The van der Waals surface area contributed by atoms with Gasteiger partial charge in [0.15, 0.2) is 0 Å². The van der Waals surface area contributed by atoms with Crippen LogP contribution in [-0.4, -0.2) is 34.8 Å². The summed E-state index contributed by atoms with van der Waals surface area (Å²) in [6.07, 6.45) is 7.11. The summed E-state index contributed by atoms with van der Waals surface area (Å²) in [5, 5.41) is 3.04. The maximum atomic E-state index is 12.7. The Morgan fingerprint density at radius 2 is 1.85 bits per heavy atom. The zero-order valence-electron chi connectivity index (χ0n) is 15.1. The summed E-state index contributed by atoms with van der Waals surface area (Å²) in [6.45, 7) is 0.519. The monoisotopic (exact) mass is 351 g/mol. The number of rotatable bonds is 5. The van der Waals surface area contributed by atoms with Crippen molar-refractivity contribution in [1.29, 1.82) is 0 Å². The Bertz CT molecular complexity index is 755. The van der Waals surface area contributed by atoms with Crippen molar-refractivity contribution in [3.8, 4) is 0 Å². The van der Waals surface area contributed by atoms with Gasteiger partial charge in [0.05, 0.1) is 0 Å². The predicted octanol–water partition coefficient (Wildman–Crippen LogP) is 3.42. The highest BCUT2D eigenvalue weighted by Gasteiger charge is 2.19. The molecule has 1 aromatic heterocycles. The Kier molecular flexibility index (Phi) is 6.00. The number of nitrogens with zero attached hydrogens (tertiary/aromatic N) is 2. The van der Waals surface area contributed by atoms with E-state index in [1.165, 1.54) is 12.6 Å². The summed E-state index contributed by atoms with van der Waals surface area (Å²) in [4.78, 5) is 30.9. The topological polar surface area (TPSA) is 62.3 Å². The highest BCUT2D eigenvalue weighted by molar-refractivity contribution is 5.98. The van der Waals surface area contributed by atoms with Crippen LogP contribution in [0.2, 0.25) is 0 Å². The van der Waals surface area contributed by atoms with Gasteiger partial charge in [0, 0.05) is 31.4 Å². The molecule has 3 rings (SSSR count). The summed E-state index contributed by atoms with van der Waals surface area (Å²) >= 11 is 0. The van der Waals surface area contributed by atoms with Gasteiger partial charge in [-0.1, -0.05) is 49.6 Å². The van der Waals surface area contributed by atoms with Gasteiger partial charge >= 0.3 is 0 Å². The molecule has 2 aromatic rings. The van der Waals surface area contributed by atoms with E-state index in [0.717, 1.165) is 31.2 Å². The van der Waals surface area contributed by atoms with Gasteiger partial charge in [-0.25, -0.2) is 0 Å². The molecular weight excluding hydrogens is 326 g/mol. The molecule has 1 heterocycles. The Labute approximate surface area is 154 Å². The second kappa shape index (κ2) is 8.61. The molecule has 0 aliphatic heterocycles. The van der Waals surface area contributed by atoms with E-state index in [2.05, 4.69) is 10.3 Å². The molecule has 1 saturated carbocycles. The lowest BCUT2D eigenvalue weighted by molar-refractivity contribution is 0.0785. The number of hydrogen-bond acceptors (Lipinski definition) is 3. The number of nitrogens with one attached hydrogen (secondary N) is 1. The van der Waals surface area contributed by atoms with Gasteiger partial charge in [-0.2, -0.15) is 0 Å². The van der Waals surface area contributed by atoms with Crippen LogP contribution in [0.4, 0.5) is 0 Å². The molecule has 0 unspecified atom stereocenters. The molecular formula is C21H25N3O2. The van der Waals surface area contributed by atoms with Gasteiger partial charge in [0.2, 0.25) is 0 Å². The van der Waals surface area contributed by atoms with Gasteiger partial charge < -0.3 is 10.2 Å². The molecule has 1 fully saturated rings. The van der Waals surface area contributed by atoms with Crippen molar-refractivity contribution in [2.75, 3.05) is 7.05 Å². The number of aromatic nitrogens is 1. The fourth-order valence-electron chi connectivity index (χ4n) is 3.34. The second-order valence-electron chi connectivity index (χ2n) is 6.88. The van der Waals surface area contributed by atoms with Crippen molar-refractivity contribution in [3.63, 3.8) is 0 Å². The van der Waals surface area contributed by atoms with Crippen molar-refractivity contribution in [3.05, 3.63) is 65.5 Å². The smallest absolute Gasteiger partial charge is 0.270 e. The average Bonchev–Trinajstić information content (AvgIpc) is 2.69. The average molecular weight is 351 g/mol. The fraction of sp³-hybridized carbons (Fsp3) is 0.381. The third-order valence-corrected chi connectivity index (χ3v) is 4.79. The normalized spacial score (nSPS) is 14.7. The van der Waals surface area contributed by atoms with E-state index < -0.39 is 0 Å². The van der Waals surface area contributed by atoms with Crippen LogP contribution in [0.3, 0.4) is 0 Å². The lowest BCUT2D eigenvalue weighted by Gasteiger charge is -2.22. The molecule has 1 aromatic carbocycles. The molecule has 26 heavy (non-hydrogen) atoms. The van der Waals surface area contributed by atoms with Crippen LogP contribution in [0.25, 0.3) is 0 Å². The lowest BCUT2D eigenvalue weighted by atomic mass is 9.95. The first kappa shape index (κ1) is 18.1. The van der Waals surface area contributed by atoms with Crippen molar-refractivity contribution in [1.82, 2.24) is 15.2 Å². The number of carbonyl (C=O) groups is 2. The molecule has 0 radical (unpaired) electrons.